The van der Waals surface area contributed by atoms with Crippen LogP contribution in [0.15, 0.2) is 27.8 Å². The molecule has 0 atom stereocenters. The quantitative estimate of drug-likeness (QED) is 0.886. The predicted octanol–water partition coefficient (Wildman–Crippen LogP) is 2.18. The summed E-state index contributed by atoms with van der Waals surface area (Å²) < 4.78 is 2.52. The molecule has 4 bridgehead atoms. The summed E-state index contributed by atoms with van der Waals surface area (Å²) in [6.45, 7) is 0.735. The van der Waals surface area contributed by atoms with E-state index >= 15 is 0 Å². The Balaban J connectivity index is 1.39. The van der Waals surface area contributed by atoms with E-state index < -0.39 is 0 Å². The Morgan fingerprint density at radius 1 is 1.04 bits per heavy atom. The molecule has 4 aliphatic rings. The predicted molar refractivity (Wildman–Crippen MR) is 107 cm³/mol. The second-order valence-corrected chi connectivity index (χ2v) is 9.54. The number of hydrogen-bond donors (Lipinski definition) is 1. The summed E-state index contributed by atoms with van der Waals surface area (Å²) in [6, 6.07) is 5.01. The summed E-state index contributed by atoms with van der Waals surface area (Å²) in [5.41, 5.74) is 0.574. The normalized spacial score (nSPS) is 30.7. The minimum absolute atomic E-state index is 0.131. The number of aromatic nitrogens is 2. The van der Waals surface area contributed by atoms with Gasteiger partial charge in [0.2, 0.25) is 0 Å². The monoisotopic (exact) mass is 381 g/mol. The van der Waals surface area contributed by atoms with Gasteiger partial charge in [0.25, 0.3) is 11.5 Å². The molecular formula is C22H27N3O3. The fourth-order valence-corrected chi connectivity index (χ4v) is 6.61. The molecule has 6 nitrogen and oxygen atoms in total. The van der Waals surface area contributed by atoms with Crippen LogP contribution in [0, 0.1) is 23.2 Å². The van der Waals surface area contributed by atoms with Crippen LogP contribution in [0.3, 0.4) is 0 Å². The molecule has 0 spiro atoms. The van der Waals surface area contributed by atoms with Crippen LogP contribution in [0.5, 0.6) is 0 Å². The lowest BCUT2D eigenvalue weighted by Gasteiger charge is -2.56. The second kappa shape index (κ2) is 6.06. The van der Waals surface area contributed by atoms with Gasteiger partial charge in [0.05, 0.1) is 10.9 Å². The van der Waals surface area contributed by atoms with Crippen LogP contribution in [0.1, 0.15) is 48.9 Å². The van der Waals surface area contributed by atoms with Gasteiger partial charge in [-0.1, -0.05) is 0 Å². The van der Waals surface area contributed by atoms with E-state index in [9.17, 15) is 14.4 Å². The first-order valence-electron chi connectivity index (χ1n) is 10.3. The SMILES string of the molecule is Cn1c(=O)c2cc(C(=O)NCC34CC5CC(CC(C5)C3)C4)ccc2n(C)c1=O. The van der Waals surface area contributed by atoms with Crippen LogP contribution in [0.2, 0.25) is 0 Å². The van der Waals surface area contributed by atoms with Crippen molar-refractivity contribution in [3.05, 3.63) is 44.6 Å². The van der Waals surface area contributed by atoms with Crippen molar-refractivity contribution in [1.82, 2.24) is 14.5 Å². The number of hydrogen-bond acceptors (Lipinski definition) is 3. The summed E-state index contributed by atoms with van der Waals surface area (Å²) in [4.78, 5) is 37.4. The molecule has 4 saturated carbocycles. The van der Waals surface area contributed by atoms with Gasteiger partial charge in [-0.05, 0) is 79.9 Å². The number of benzene rings is 1. The number of nitrogens with zero attached hydrogens (tertiary/aromatic N) is 2. The van der Waals surface area contributed by atoms with Crippen LogP contribution in [0.4, 0.5) is 0 Å². The number of rotatable bonds is 3. The van der Waals surface area contributed by atoms with Crippen molar-refractivity contribution in [3.8, 4) is 0 Å². The zero-order chi connectivity index (χ0) is 19.6. The Hall–Kier alpha value is -2.37. The van der Waals surface area contributed by atoms with Crippen LogP contribution in [-0.4, -0.2) is 21.6 Å². The van der Waals surface area contributed by atoms with Crippen molar-refractivity contribution in [1.29, 1.82) is 0 Å². The van der Waals surface area contributed by atoms with Gasteiger partial charge in [-0.15, -0.1) is 0 Å². The highest BCUT2D eigenvalue weighted by Gasteiger charge is 2.50. The lowest BCUT2D eigenvalue weighted by molar-refractivity contribution is -0.0503. The molecule has 1 aromatic heterocycles. The largest absolute Gasteiger partial charge is 0.351 e. The molecule has 6 rings (SSSR count). The first-order valence-corrected chi connectivity index (χ1v) is 10.3. The first kappa shape index (κ1) is 17.7. The maximum atomic E-state index is 12.8. The van der Waals surface area contributed by atoms with Gasteiger partial charge in [0, 0.05) is 26.2 Å². The van der Waals surface area contributed by atoms with Crippen LogP contribution in [-0.2, 0) is 14.1 Å². The molecular weight excluding hydrogens is 354 g/mol. The van der Waals surface area contributed by atoms with Gasteiger partial charge in [-0.2, -0.15) is 0 Å². The molecule has 0 radical (unpaired) electrons. The molecule has 4 fully saturated rings. The van der Waals surface area contributed by atoms with Crippen molar-refractivity contribution >= 4 is 16.8 Å². The van der Waals surface area contributed by atoms with E-state index in [2.05, 4.69) is 5.32 Å². The van der Waals surface area contributed by atoms with Crippen LogP contribution >= 0.6 is 0 Å². The van der Waals surface area contributed by atoms with Gasteiger partial charge in [0.1, 0.15) is 0 Å². The van der Waals surface area contributed by atoms with Gasteiger partial charge in [-0.25, -0.2) is 4.79 Å². The summed E-state index contributed by atoms with van der Waals surface area (Å²) >= 11 is 0. The smallest absolute Gasteiger partial charge is 0.330 e. The third kappa shape index (κ3) is 2.65. The fourth-order valence-electron chi connectivity index (χ4n) is 6.61. The van der Waals surface area contributed by atoms with Crippen molar-refractivity contribution in [2.24, 2.45) is 37.3 Å². The van der Waals surface area contributed by atoms with Crippen molar-refractivity contribution in [2.75, 3.05) is 6.54 Å². The minimum atomic E-state index is -0.367. The Kier molecular flexibility index (Phi) is 3.83. The average molecular weight is 381 g/mol. The number of carbonyl (C=O) groups is 1. The zero-order valence-electron chi connectivity index (χ0n) is 16.5. The topological polar surface area (TPSA) is 73.1 Å². The number of fused-ring (bicyclic) bond motifs is 1. The van der Waals surface area contributed by atoms with E-state index in [0.717, 1.165) is 28.9 Å². The van der Waals surface area contributed by atoms with E-state index in [-0.39, 0.29) is 22.6 Å². The molecule has 148 valence electrons. The molecule has 1 heterocycles. The maximum absolute atomic E-state index is 12.8. The zero-order valence-corrected chi connectivity index (χ0v) is 16.5. The fraction of sp³-hybridized carbons (Fsp3) is 0.591. The minimum Gasteiger partial charge on any atom is -0.351 e. The van der Waals surface area contributed by atoms with Crippen molar-refractivity contribution in [2.45, 2.75) is 38.5 Å². The Morgan fingerprint density at radius 2 is 1.64 bits per heavy atom. The number of nitrogens with one attached hydrogen (secondary N) is 1. The van der Waals surface area contributed by atoms with E-state index in [0.29, 0.717) is 16.5 Å². The lowest BCUT2D eigenvalue weighted by atomic mass is 9.49. The Bertz CT molecular complexity index is 1060. The van der Waals surface area contributed by atoms with E-state index in [4.69, 9.17) is 0 Å². The molecule has 0 saturated heterocycles. The van der Waals surface area contributed by atoms with Crippen LogP contribution < -0.4 is 16.6 Å². The number of carbonyl (C=O) groups excluding carboxylic acids is 1. The highest BCUT2D eigenvalue weighted by Crippen LogP contribution is 2.59. The summed E-state index contributed by atoms with van der Waals surface area (Å²) in [5, 5.41) is 3.56. The van der Waals surface area contributed by atoms with Gasteiger partial charge >= 0.3 is 5.69 Å². The van der Waals surface area contributed by atoms with Crippen LogP contribution in [0.25, 0.3) is 10.9 Å². The first-order chi connectivity index (χ1) is 13.3. The highest BCUT2D eigenvalue weighted by atomic mass is 16.2. The Morgan fingerprint density at radius 3 is 2.25 bits per heavy atom. The van der Waals surface area contributed by atoms with Gasteiger partial charge < -0.3 is 5.32 Å². The molecule has 2 aromatic rings. The summed E-state index contributed by atoms with van der Waals surface area (Å²) in [7, 11) is 3.10. The number of aryl methyl sites for hydroxylation is 1. The van der Waals surface area contributed by atoms with Crippen molar-refractivity contribution < 1.29 is 4.79 Å². The molecule has 28 heavy (non-hydrogen) atoms. The maximum Gasteiger partial charge on any atom is 0.330 e. The number of amides is 1. The Labute approximate surface area is 163 Å². The van der Waals surface area contributed by atoms with Crippen molar-refractivity contribution in [3.63, 3.8) is 0 Å². The third-order valence-electron chi connectivity index (χ3n) is 7.52. The standard InChI is InChI=1S/C22H27N3O3/c1-24-18-4-3-16(8-17(18)20(27)25(2)21(24)28)19(26)23-12-22-9-13-5-14(10-22)7-15(6-13)11-22/h3-4,8,13-15H,5-7,9-12H2,1-2H3,(H,23,26). The molecule has 0 unspecified atom stereocenters. The second-order valence-electron chi connectivity index (χ2n) is 9.54. The summed E-state index contributed by atoms with van der Waals surface area (Å²) in [5.74, 6) is 2.43. The van der Waals surface area contributed by atoms with E-state index in [1.165, 1.54) is 50.1 Å². The third-order valence-corrected chi connectivity index (χ3v) is 7.52. The molecule has 4 aliphatic carbocycles. The molecule has 0 aliphatic heterocycles. The molecule has 1 amide bonds. The molecule has 1 aromatic carbocycles. The molecule has 1 N–H and O–H groups in total. The van der Waals surface area contributed by atoms with Gasteiger partial charge in [0.15, 0.2) is 0 Å². The van der Waals surface area contributed by atoms with E-state index in [1.54, 1.807) is 25.2 Å². The molecule has 6 heteroatoms. The summed E-state index contributed by atoms with van der Waals surface area (Å²) in [6.07, 6.45) is 7.92. The highest BCUT2D eigenvalue weighted by molar-refractivity contribution is 5.97. The van der Waals surface area contributed by atoms with E-state index in [1.807, 2.05) is 0 Å². The van der Waals surface area contributed by atoms with Gasteiger partial charge in [-0.3, -0.25) is 18.7 Å². The average Bonchev–Trinajstić information content (AvgIpc) is 2.67. The lowest BCUT2D eigenvalue weighted by Crippen LogP contribution is -2.51.